The van der Waals surface area contributed by atoms with Gasteiger partial charge in [0.2, 0.25) is 10.4 Å². The molecule has 0 aromatic carbocycles. The summed E-state index contributed by atoms with van der Waals surface area (Å²) in [6.45, 7) is 2.88. The Balaban J connectivity index is 0. The molecule has 0 aliphatic carbocycles. The fraction of sp³-hybridized carbons (Fsp3) is 0.773. The maximum Gasteiger partial charge on any atom is 0.331 e. The number of amides is 1. The summed E-state index contributed by atoms with van der Waals surface area (Å²) in [6, 6.07) is 0. The van der Waals surface area contributed by atoms with Crippen molar-refractivity contribution >= 4 is 28.2 Å². The first kappa shape index (κ1) is 34.1. The Labute approximate surface area is 203 Å². The third kappa shape index (κ3) is 30.0. The van der Waals surface area contributed by atoms with E-state index in [0.29, 0.717) is 23.5 Å². The fourth-order valence-corrected chi connectivity index (χ4v) is 3.15. The summed E-state index contributed by atoms with van der Waals surface area (Å²) in [7, 11) is -0.945. The zero-order valence-electron chi connectivity index (χ0n) is 20.7. The summed E-state index contributed by atoms with van der Waals surface area (Å²) < 4.78 is 39.5. The Morgan fingerprint density at radius 2 is 1.41 bits per heavy atom. The van der Waals surface area contributed by atoms with Gasteiger partial charge in [-0.05, 0) is 6.42 Å². The van der Waals surface area contributed by atoms with Crippen molar-refractivity contribution in [1.82, 2.24) is 0 Å². The number of hydrogen-bond donors (Lipinski definition) is 2. The highest BCUT2D eigenvalue weighted by atomic mass is 32.3. The SMILES string of the molecule is CCCCCCCCCCCCOS(=O)(=O)[O-].C[N+](C)(CCOC(=O)/C=C\C(=O)O)CC(N)=O. The molecule has 0 heterocycles. The highest BCUT2D eigenvalue weighted by molar-refractivity contribution is 7.80. The van der Waals surface area contributed by atoms with E-state index < -0.39 is 28.2 Å². The number of rotatable bonds is 19. The molecule has 0 saturated carbocycles. The highest BCUT2D eigenvalue weighted by Gasteiger charge is 2.18. The summed E-state index contributed by atoms with van der Waals surface area (Å²) in [4.78, 5) is 31.8. The number of carbonyl (C=O) groups excluding carboxylic acids is 2. The Morgan fingerprint density at radius 3 is 1.85 bits per heavy atom. The normalized spacial score (nSPS) is 11.6. The summed E-state index contributed by atoms with van der Waals surface area (Å²) in [5.41, 5.74) is 5.05. The van der Waals surface area contributed by atoms with Gasteiger partial charge < -0.3 is 24.6 Å². The van der Waals surface area contributed by atoms with E-state index in [-0.39, 0.29) is 19.8 Å². The van der Waals surface area contributed by atoms with Gasteiger partial charge in [0.25, 0.3) is 5.91 Å². The molecule has 0 aromatic rings. The number of primary amides is 1. The molecule has 11 nitrogen and oxygen atoms in total. The van der Waals surface area contributed by atoms with E-state index in [1.165, 1.54) is 44.9 Å². The van der Waals surface area contributed by atoms with Crippen molar-refractivity contribution in [2.24, 2.45) is 5.73 Å². The molecule has 0 radical (unpaired) electrons. The lowest BCUT2D eigenvalue weighted by Gasteiger charge is -2.27. The van der Waals surface area contributed by atoms with Crippen LogP contribution in [0.1, 0.15) is 71.1 Å². The number of carboxylic acids is 1. The van der Waals surface area contributed by atoms with Crippen molar-refractivity contribution in [3.05, 3.63) is 12.2 Å². The van der Waals surface area contributed by atoms with Crippen LogP contribution in [0.3, 0.4) is 0 Å². The number of carboxylic acid groups (broad SMARTS) is 1. The van der Waals surface area contributed by atoms with Crippen LogP contribution in [0.2, 0.25) is 0 Å². The number of likely N-dealkylation sites (N-methyl/N-ethyl adjacent to an activating group) is 1. The Hall–Kier alpha value is -2.02. The smallest absolute Gasteiger partial charge is 0.331 e. The first-order valence-electron chi connectivity index (χ1n) is 11.6. The first-order valence-corrected chi connectivity index (χ1v) is 12.9. The van der Waals surface area contributed by atoms with Crippen LogP contribution < -0.4 is 5.73 Å². The quantitative estimate of drug-likeness (QED) is 0.0658. The van der Waals surface area contributed by atoms with Crippen molar-refractivity contribution in [2.75, 3.05) is 40.4 Å². The molecule has 0 saturated heterocycles. The topological polar surface area (TPSA) is 173 Å². The molecule has 0 fully saturated rings. The number of esters is 1. The fourth-order valence-electron chi connectivity index (χ4n) is 2.83. The van der Waals surface area contributed by atoms with Crippen LogP contribution >= 0.6 is 0 Å². The molecule has 0 aliphatic rings. The molecule has 12 heteroatoms. The molecule has 0 aromatic heterocycles. The third-order valence-corrected chi connectivity index (χ3v) is 5.07. The van der Waals surface area contributed by atoms with Crippen LogP contribution in [-0.2, 0) is 33.7 Å². The largest absolute Gasteiger partial charge is 0.726 e. The number of aliphatic carboxylic acids is 1. The minimum Gasteiger partial charge on any atom is -0.726 e. The summed E-state index contributed by atoms with van der Waals surface area (Å²) in [5, 5.41) is 8.27. The molecule has 1 amide bonds. The molecule has 0 bridgehead atoms. The van der Waals surface area contributed by atoms with E-state index in [9.17, 15) is 27.4 Å². The van der Waals surface area contributed by atoms with Gasteiger partial charge in [-0.2, -0.15) is 0 Å². The van der Waals surface area contributed by atoms with Crippen LogP contribution in [0.4, 0.5) is 0 Å². The third-order valence-electron chi connectivity index (χ3n) is 4.61. The average molecular weight is 511 g/mol. The predicted octanol–water partition coefficient (Wildman–Crippen LogP) is 2.12. The van der Waals surface area contributed by atoms with Crippen molar-refractivity contribution in [2.45, 2.75) is 71.1 Å². The van der Waals surface area contributed by atoms with Gasteiger partial charge in [-0.3, -0.25) is 8.98 Å². The lowest BCUT2D eigenvalue weighted by molar-refractivity contribution is -0.882. The number of ether oxygens (including phenoxy) is 1. The maximum absolute atomic E-state index is 11.0. The molecule has 0 rings (SSSR count). The average Bonchev–Trinajstić information content (AvgIpc) is 2.69. The Kier molecular flexibility index (Phi) is 20.5. The molecule has 0 atom stereocenters. The zero-order chi connectivity index (χ0) is 26.5. The van der Waals surface area contributed by atoms with Crippen LogP contribution in [0.25, 0.3) is 0 Å². The summed E-state index contributed by atoms with van der Waals surface area (Å²) in [6.07, 6.45) is 13.2. The van der Waals surface area contributed by atoms with Crippen molar-refractivity contribution < 1.29 is 45.9 Å². The number of nitrogens with zero attached hydrogens (tertiary/aromatic N) is 1. The van der Waals surface area contributed by atoms with Crippen LogP contribution in [0.5, 0.6) is 0 Å². The van der Waals surface area contributed by atoms with Gasteiger partial charge in [-0.15, -0.1) is 0 Å². The van der Waals surface area contributed by atoms with Gasteiger partial charge >= 0.3 is 11.9 Å². The molecule has 3 N–H and O–H groups in total. The molecule has 34 heavy (non-hydrogen) atoms. The predicted molar refractivity (Wildman–Crippen MR) is 126 cm³/mol. The zero-order valence-corrected chi connectivity index (χ0v) is 21.5. The molecular weight excluding hydrogens is 468 g/mol. The van der Waals surface area contributed by atoms with Crippen molar-refractivity contribution in [3.63, 3.8) is 0 Å². The van der Waals surface area contributed by atoms with E-state index in [1.54, 1.807) is 14.1 Å². The molecule has 0 spiro atoms. The second-order valence-corrected chi connectivity index (χ2v) is 9.59. The maximum atomic E-state index is 11.0. The molecule has 0 unspecified atom stereocenters. The lowest BCUT2D eigenvalue weighted by atomic mass is 10.1. The number of carbonyl (C=O) groups is 3. The van der Waals surface area contributed by atoms with E-state index in [1.807, 2.05) is 0 Å². The van der Waals surface area contributed by atoms with Gasteiger partial charge in [0.1, 0.15) is 13.2 Å². The first-order chi connectivity index (χ1) is 15.8. The molecule has 0 aliphatic heterocycles. The summed E-state index contributed by atoms with van der Waals surface area (Å²) in [5.74, 6) is -2.38. The van der Waals surface area contributed by atoms with Crippen molar-refractivity contribution in [3.8, 4) is 0 Å². The van der Waals surface area contributed by atoms with Crippen molar-refractivity contribution in [1.29, 1.82) is 0 Å². The summed E-state index contributed by atoms with van der Waals surface area (Å²) >= 11 is 0. The van der Waals surface area contributed by atoms with Gasteiger partial charge in [0, 0.05) is 12.2 Å². The van der Waals surface area contributed by atoms with E-state index >= 15 is 0 Å². The molecule has 200 valence electrons. The van der Waals surface area contributed by atoms with Crippen LogP contribution in [-0.4, -0.2) is 80.8 Å². The Morgan fingerprint density at radius 1 is 0.912 bits per heavy atom. The monoisotopic (exact) mass is 510 g/mol. The van der Waals surface area contributed by atoms with E-state index in [2.05, 4.69) is 11.1 Å². The van der Waals surface area contributed by atoms with Gasteiger partial charge in [0.15, 0.2) is 6.54 Å². The number of nitrogens with two attached hydrogens (primary N) is 1. The highest BCUT2D eigenvalue weighted by Crippen LogP contribution is 2.10. The standard InChI is InChI=1S/C12H26O4S.C10H16N2O5/c1-2-3-4-5-6-7-8-9-10-11-12-16-17(13,14)15;1-12(2,7-8(11)13)5-6-17-10(16)4-3-9(14)15/h2-12H2,1H3,(H,13,14,15);3-4H,5-7H2,1-2H3,(H2-,11,13,14,15)/b;4-3-. The number of quaternary nitrogens is 1. The van der Waals surface area contributed by atoms with Crippen LogP contribution in [0, 0.1) is 0 Å². The second-order valence-electron chi connectivity index (χ2n) is 8.54. The van der Waals surface area contributed by atoms with Gasteiger partial charge in [-0.25, -0.2) is 18.0 Å². The van der Waals surface area contributed by atoms with E-state index in [4.69, 9.17) is 15.6 Å². The number of hydrogen-bond acceptors (Lipinski definition) is 8. The minimum atomic E-state index is -4.48. The van der Waals surface area contributed by atoms with Crippen LogP contribution in [0.15, 0.2) is 12.2 Å². The lowest BCUT2D eigenvalue weighted by Crippen LogP contribution is -2.48. The van der Waals surface area contributed by atoms with Gasteiger partial charge in [0.05, 0.1) is 20.7 Å². The van der Waals surface area contributed by atoms with E-state index in [0.717, 1.165) is 18.9 Å². The van der Waals surface area contributed by atoms with Gasteiger partial charge in [-0.1, -0.05) is 64.7 Å². The molecular formula is C22H42N2O9S. The minimum absolute atomic E-state index is 0.0301. The number of unbranched alkanes of at least 4 members (excludes halogenated alkanes) is 9. The second kappa shape index (κ2) is 20.4. The Bertz CT molecular complexity index is 707.